The number of carbonyl (C=O) groups is 1. The van der Waals surface area contributed by atoms with E-state index in [4.69, 9.17) is 21.7 Å². The molecule has 0 bridgehead atoms. The molecule has 29 heavy (non-hydrogen) atoms. The van der Waals surface area contributed by atoms with Crippen LogP contribution in [-0.2, 0) is 9.53 Å². The van der Waals surface area contributed by atoms with E-state index in [1.165, 1.54) is 18.9 Å². The minimum Gasteiger partial charge on any atom is -0.508 e. The molecule has 0 fully saturated rings. The van der Waals surface area contributed by atoms with Crippen molar-refractivity contribution in [1.82, 2.24) is 0 Å². The molecule has 1 atom stereocenters. The van der Waals surface area contributed by atoms with E-state index in [0.29, 0.717) is 27.8 Å². The Balaban J connectivity index is 1.92. The van der Waals surface area contributed by atoms with Crippen molar-refractivity contribution in [3.05, 3.63) is 64.7 Å². The normalized spacial score (nSPS) is 12.3. The van der Waals surface area contributed by atoms with E-state index in [0.717, 1.165) is 10.5 Å². The highest BCUT2D eigenvalue weighted by Crippen LogP contribution is 2.27. The third-order valence-electron chi connectivity index (χ3n) is 4.21. The summed E-state index contributed by atoms with van der Waals surface area (Å²) in [6, 6.07) is 12.6. The van der Waals surface area contributed by atoms with Crippen molar-refractivity contribution < 1.29 is 19.4 Å². The van der Waals surface area contributed by atoms with Gasteiger partial charge in [-0.1, -0.05) is 18.5 Å². The Bertz CT molecular complexity index is 896. The monoisotopic (exact) mass is 433 g/mol. The molecular formula is C22H24ClNO4S. The lowest BCUT2D eigenvalue weighted by molar-refractivity contribution is -0.142. The van der Waals surface area contributed by atoms with Crippen LogP contribution in [0.4, 0.5) is 0 Å². The van der Waals surface area contributed by atoms with Crippen molar-refractivity contribution in [3.8, 4) is 5.75 Å². The molecule has 2 N–H and O–H groups in total. The van der Waals surface area contributed by atoms with Gasteiger partial charge in [-0.15, -0.1) is 11.8 Å². The number of thioether (sulfide) groups is 1. The van der Waals surface area contributed by atoms with E-state index in [9.17, 15) is 9.90 Å². The number of benzene rings is 2. The molecule has 0 heterocycles. The van der Waals surface area contributed by atoms with Crippen LogP contribution in [0.3, 0.4) is 0 Å². The summed E-state index contributed by atoms with van der Waals surface area (Å²) in [6.07, 6.45) is 1.67. The number of esters is 1. The number of aliphatic hydroxyl groups is 1. The van der Waals surface area contributed by atoms with Gasteiger partial charge in [0.1, 0.15) is 11.5 Å². The van der Waals surface area contributed by atoms with Gasteiger partial charge >= 0.3 is 5.97 Å². The summed E-state index contributed by atoms with van der Waals surface area (Å²) in [6.45, 7) is 3.65. The first-order valence-electron chi connectivity index (χ1n) is 8.97. The van der Waals surface area contributed by atoms with E-state index in [1.807, 2.05) is 26.0 Å². The molecule has 0 amide bonds. The second-order valence-corrected chi connectivity index (χ2v) is 7.94. The molecule has 0 aliphatic rings. The summed E-state index contributed by atoms with van der Waals surface area (Å²) >= 11 is 7.40. The average Bonchev–Trinajstić information content (AvgIpc) is 2.71. The topological polar surface area (TPSA) is 79.6 Å². The Morgan fingerprint density at radius 2 is 1.97 bits per heavy atom. The van der Waals surface area contributed by atoms with Crippen LogP contribution in [0.2, 0.25) is 5.02 Å². The van der Waals surface area contributed by atoms with E-state index in [2.05, 4.69) is 4.74 Å². The molecule has 0 spiro atoms. The minimum atomic E-state index is -0.430. The first-order valence-corrected chi connectivity index (χ1v) is 10.3. The van der Waals surface area contributed by atoms with Gasteiger partial charge in [-0.05, 0) is 61.0 Å². The van der Waals surface area contributed by atoms with Gasteiger partial charge in [0.25, 0.3) is 0 Å². The first-order chi connectivity index (χ1) is 13.8. The molecule has 7 heteroatoms. The SMILES string of the molecule is COC(=O)COc1ccc(SCC(=N)[C@H](C)/C=C(\O)c2ccc(Cl)cc2)cc1C. The van der Waals surface area contributed by atoms with Crippen LogP contribution < -0.4 is 4.74 Å². The molecule has 0 aliphatic carbocycles. The van der Waals surface area contributed by atoms with Crippen molar-refractivity contribution in [2.75, 3.05) is 19.5 Å². The van der Waals surface area contributed by atoms with Crippen LogP contribution in [0.1, 0.15) is 18.1 Å². The van der Waals surface area contributed by atoms with E-state index < -0.39 is 5.97 Å². The third-order valence-corrected chi connectivity index (χ3v) is 5.51. The van der Waals surface area contributed by atoms with Crippen molar-refractivity contribution in [2.45, 2.75) is 18.7 Å². The lowest BCUT2D eigenvalue weighted by Gasteiger charge is -2.12. The van der Waals surface area contributed by atoms with Crippen LogP contribution in [0, 0.1) is 18.3 Å². The fourth-order valence-corrected chi connectivity index (χ4v) is 3.55. The number of halogens is 1. The van der Waals surface area contributed by atoms with E-state index in [1.54, 1.807) is 36.4 Å². The van der Waals surface area contributed by atoms with Crippen LogP contribution in [0.5, 0.6) is 5.75 Å². The molecular weight excluding hydrogens is 410 g/mol. The molecule has 2 aromatic carbocycles. The zero-order valence-corrected chi connectivity index (χ0v) is 18.1. The zero-order chi connectivity index (χ0) is 21.4. The van der Waals surface area contributed by atoms with Gasteiger partial charge in [0.15, 0.2) is 6.61 Å². The molecule has 0 saturated heterocycles. The molecule has 0 aromatic heterocycles. The molecule has 2 rings (SSSR count). The van der Waals surface area contributed by atoms with Gasteiger partial charge in [-0.25, -0.2) is 4.79 Å². The number of nitrogens with one attached hydrogen (secondary N) is 1. The highest BCUT2D eigenvalue weighted by molar-refractivity contribution is 8.00. The minimum absolute atomic E-state index is 0.130. The molecule has 154 valence electrons. The van der Waals surface area contributed by atoms with E-state index in [-0.39, 0.29) is 18.3 Å². The number of allylic oxidation sites excluding steroid dienone is 1. The van der Waals surface area contributed by atoms with Crippen LogP contribution in [-0.4, -0.2) is 36.3 Å². The fourth-order valence-electron chi connectivity index (χ4n) is 2.42. The first kappa shape index (κ1) is 22.8. The van der Waals surface area contributed by atoms with Gasteiger partial charge in [0.2, 0.25) is 0 Å². The second kappa shape index (κ2) is 10.9. The number of methoxy groups -OCH3 is 1. The lowest BCUT2D eigenvalue weighted by atomic mass is 10.0. The zero-order valence-electron chi connectivity index (χ0n) is 16.6. The maximum atomic E-state index is 11.2. The molecule has 2 aromatic rings. The summed E-state index contributed by atoms with van der Waals surface area (Å²) in [4.78, 5) is 12.2. The maximum absolute atomic E-state index is 11.2. The Morgan fingerprint density at radius 3 is 2.59 bits per heavy atom. The van der Waals surface area contributed by atoms with Crippen molar-refractivity contribution in [1.29, 1.82) is 5.41 Å². The predicted octanol–water partition coefficient (Wildman–Crippen LogP) is 5.55. The largest absolute Gasteiger partial charge is 0.508 e. The number of rotatable bonds is 9. The fraction of sp³-hybridized carbons (Fsp3) is 0.273. The van der Waals surface area contributed by atoms with Gasteiger partial charge < -0.3 is 20.0 Å². The number of aliphatic hydroxyl groups excluding tert-OH is 1. The summed E-state index contributed by atoms with van der Waals surface area (Å²) in [5, 5.41) is 19.2. The molecule has 0 unspecified atom stereocenters. The molecule has 0 radical (unpaired) electrons. The number of ether oxygens (including phenoxy) is 2. The Kier molecular flexibility index (Phi) is 8.61. The Labute approximate surface area is 180 Å². The molecule has 0 aliphatic heterocycles. The number of carbonyl (C=O) groups excluding carboxylic acids is 1. The Morgan fingerprint density at radius 1 is 1.28 bits per heavy atom. The summed E-state index contributed by atoms with van der Waals surface area (Å²) in [5.41, 5.74) is 2.07. The average molecular weight is 434 g/mol. The van der Waals surface area contributed by atoms with Crippen molar-refractivity contribution >= 4 is 40.8 Å². The second-order valence-electron chi connectivity index (χ2n) is 6.45. The number of aryl methyl sites for hydroxylation is 1. The highest BCUT2D eigenvalue weighted by atomic mass is 35.5. The van der Waals surface area contributed by atoms with Crippen LogP contribution in [0.15, 0.2) is 53.4 Å². The highest BCUT2D eigenvalue weighted by Gasteiger charge is 2.11. The van der Waals surface area contributed by atoms with Gasteiger partial charge in [-0.3, -0.25) is 0 Å². The maximum Gasteiger partial charge on any atom is 0.343 e. The van der Waals surface area contributed by atoms with Crippen LogP contribution in [0.25, 0.3) is 5.76 Å². The lowest BCUT2D eigenvalue weighted by Crippen LogP contribution is -2.13. The summed E-state index contributed by atoms with van der Waals surface area (Å²) in [5.74, 6) is 0.612. The number of hydrogen-bond donors (Lipinski definition) is 2. The third kappa shape index (κ3) is 7.15. The quantitative estimate of drug-likeness (QED) is 0.234. The molecule has 5 nitrogen and oxygen atoms in total. The summed E-state index contributed by atoms with van der Waals surface area (Å²) in [7, 11) is 1.32. The Hall–Kier alpha value is -2.44. The van der Waals surface area contributed by atoms with Crippen molar-refractivity contribution in [3.63, 3.8) is 0 Å². The molecule has 0 saturated carbocycles. The summed E-state index contributed by atoms with van der Waals surface area (Å²) < 4.78 is 10.00. The number of hydrogen-bond acceptors (Lipinski definition) is 6. The van der Waals surface area contributed by atoms with Crippen LogP contribution >= 0.6 is 23.4 Å². The van der Waals surface area contributed by atoms with Gasteiger partial charge in [0, 0.05) is 32.9 Å². The van der Waals surface area contributed by atoms with E-state index >= 15 is 0 Å². The van der Waals surface area contributed by atoms with Crippen molar-refractivity contribution in [2.24, 2.45) is 5.92 Å². The van der Waals surface area contributed by atoms with Gasteiger partial charge in [0.05, 0.1) is 7.11 Å². The smallest absolute Gasteiger partial charge is 0.343 e. The van der Waals surface area contributed by atoms with Gasteiger partial charge in [-0.2, -0.15) is 0 Å². The predicted molar refractivity (Wildman–Crippen MR) is 118 cm³/mol. The standard InChI is InChI=1S/C22H24ClNO4S/c1-14(11-20(25)16-4-6-17(23)7-5-16)19(24)13-29-18-8-9-21(15(2)10-18)28-12-22(26)27-3/h4-11,14,24-25H,12-13H2,1-3H3/b20-11-,24-19?/t14-/m1/s1.